The van der Waals surface area contributed by atoms with Crippen molar-refractivity contribution in [3.05, 3.63) is 24.0 Å². The summed E-state index contributed by atoms with van der Waals surface area (Å²) in [5.74, 6) is 2.36. The summed E-state index contributed by atoms with van der Waals surface area (Å²) in [5, 5.41) is 7.77. The Bertz CT molecular complexity index is 600. The Hall–Kier alpha value is -1.91. The van der Waals surface area contributed by atoms with Crippen molar-refractivity contribution in [1.82, 2.24) is 19.7 Å². The Labute approximate surface area is 125 Å². The molecule has 1 saturated carbocycles. The van der Waals surface area contributed by atoms with Crippen LogP contribution in [0.25, 0.3) is 11.5 Å². The van der Waals surface area contributed by atoms with Crippen LogP contribution >= 0.6 is 0 Å². The topological polar surface area (TPSA) is 55.6 Å². The number of hydrogen-bond acceptors (Lipinski definition) is 4. The van der Waals surface area contributed by atoms with E-state index in [1.165, 1.54) is 18.5 Å². The fourth-order valence-corrected chi connectivity index (χ4v) is 2.43. The van der Waals surface area contributed by atoms with Gasteiger partial charge in [0, 0.05) is 37.0 Å². The summed E-state index contributed by atoms with van der Waals surface area (Å²) in [6.45, 7) is 6.15. The van der Waals surface area contributed by atoms with Crippen molar-refractivity contribution >= 4 is 5.82 Å². The van der Waals surface area contributed by atoms with Gasteiger partial charge in [0.2, 0.25) is 0 Å². The molecule has 3 rings (SSSR count). The molecule has 112 valence electrons. The molecule has 1 N–H and O–H groups in total. The minimum Gasteiger partial charge on any atom is -0.370 e. The molecule has 2 heterocycles. The number of anilines is 1. The van der Waals surface area contributed by atoms with E-state index in [4.69, 9.17) is 4.98 Å². The van der Waals surface area contributed by atoms with Crippen molar-refractivity contribution < 1.29 is 0 Å². The third kappa shape index (κ3) is 3.23. The second kappa shape index (κ2) is 6.24. The molecule has 0 atom stereocenters. The van der Waals surface area contributed by atoms with Gasteiger partial charge in [0.15, 0.2) is 5.82 Å². The van der Waals surface area contributed by atoms with Crippen LogP contribution in [0.3, 0.4) is 0 Å². The van der Waals surface area contributed by atoms with Gasteiger partial charge in [-0.25, -0.2) is 9.97 Å². The Kier molecular flexibility index (Phi) is 4.18. The van der Waals surface area contributed by atoms with Crippen molar-refractivity contribution in [3.8, 4) is 11.5 Å². The van der Waals surface area contributed by atoms with E-state index in [9.17, 15) is 0 Å². The van der Waals surface area contributed by atoms with Crippen LogP contribution in [0.2, 0.25) is 0 Å². The van der Waals surface area contributed by atoms with Crippen molar-refractivity contribution in [3.63, 3.8) is 0 Å². The molecule has 0 aromatic carbocycles. The third-order valence-electron chi connectivity index (χ3n) is 3.68. The number of hydrogen-bond donors (Lipinski definition) is 1. The van der Waals surface area contributed by atoms with Gasteiger partial charge >= 0.3 is 0 Å². The lowest BCUT2D eigenvalue weighted by atomic mass is 10.2. The first-order valence-electron chi connectivity index (χ1n) is 7.96. The Morgan fingerprint density at radius 3 is 2.81 bits per heavy atom. The highest BCUT2D eigenvalue weighted by molar-refractivity contribution is 5.54. The van der Waals surface area contributed by atoms with Gasteiger partial charge in [0.25, 0.3) is 0 Å². The van der Waals surface area contributed by atoms with E-state index in [-0.39, 0.29) is 0 Å². The monoisotopic (exact) mass is 285 g/mol. The van der Waals surface area contributed by atoms with E-state index >= 15 is 0 Å². The lowest BCUT2D eigenvalue weighted by molar-refractivity contribution is 0.606. The number of aryl methyl sites for hydroxylation is 1. The first-order valence-corrected chi connectivity index (χ1v) is 7.96. The third-order valence-corrected chi connectivity index (χ3v) is 3.68. The highest BCUT2D eigenvalue weighted by atomic mass is 15.3. The maximum absolute atomic E-state index is 4.78. The highest BCUT2D eigenvalue weighted by Crippen LogP contribution is 2.40. The second-order valence-electron chi connectivity index (χ2n) is 5.64. The van der Waals surface area contributed by atoms with Crippen LogP contribution in [-0.2, 0) is 6.54 Å². The molecule has 0 saturated heterocycles. The molecular formula is C16H23N5. The Balaban J connectivity index is 1.95. The fraction of sp³-hybridized carbons (Fsp3) is 0.562. The molecule has 1 aliphatic rings. The van der Waals surface area contributed by atoms with Crippen LogP contribution in [0.5, 0.6) is 0 Å². The quantitative estimate of drug-likeness (QED) is 0.846. The fourth-order valence-electron chi connectivity index (χ4n) is 2.43. The van der Waals surface area contributed by atoms with Gasteiger partial charge in [-0.2, -0.15) is 5.10 Å². The second-order valence-corrected chi connectivity index (χ2v) is 5.64. The molecule has 1 fully saturated rings. The van der Waals surface area contributed by atoms with E-state index in [2.05, 4.69) is 35.3 Å². The molecule has 21 heavy (non-hydrogen) atoms. The van der Waals surface area contributed by atoms with Crippen LogP contribution in [-0.4, -0.2) is 26.3 Å². The normalized spacial score (nSPS) is 14.4. The molecular weight excluding hydrogens is 262 g/mol. The predicted octanol–water partition coefficient (Wildman–Crippen LogP) is 3.45. The van der Waals surface area contributed by atoms with Crippen LogP contribution in [0, 0.1) is 0 Å². The van der Waals surface area contributed by atoms with Crippen LogP contribution in [0.15, 0.2) is 18.3 Å². The number of nitrogens with zero attached hydrogens (tertiary/aromatic N) is 4. The van der Waals surface area contributed by atoms with Crippen LogP contribution in [0.4, 0.5) is 5.82 Å². The molecule has 2 aromatic heterocycles. The number of aromatic nitrogens is 4. The molecule has 1 aliphatic carbocycles. The summed E-state index contributed by atoms with van der Waals surface area (Å²) in [4.78, 5) is 9.46. The smallest absolute Gasteiger partial charge is 0.180 e. The molecule has 5 heteroatoms. The first kappa shape index (κ1) is 14.0. The number of rotatable bonds is 7. The molecule has 0 bridgehead atoms. The summed E-state index contributed by atoms with van der Waals surface area (Å²) >= 11 is 0. The molecule has 0 unspecified atom stereocenters. The predicted molar refractivity (Wildman–Crippen MR) is 84.3 cm³/mol. The highest BCUT2D eigenvalue weighted by Gasteiger charge is 2.26. The average Bonchev–Trinajstić information content (AvgIpc) is 3.25. The van der Waals surface area contributed by atoms with Crippen molar-refractivity contribution in [1.29, 1.82) is 0 Å². The maximum atomic E-state index is 4.78. The Morgan fingerprint density at radius 1 is 1.24 bits per heavy atom. The van der Waals surface area contributed by atoms with Gasteiger partial charge in [0.05, 0.1) is 0 Å². The average molecular weight is 285 g/mol. The molecule has 0 amide bonds. The van der Waals surface area contributed by atoms with E-state index < -0.39 is 0 Å². The minimum atomic E-state index is 0.622. The van der Waals surface area contributed by atoms with Gasteiger partial charge in [0.1, 0.15) is 11.5 Å². The zero-order valence-corrected chi connectivity index (χ0v) is 12.8. The van der Waals surface area contributed by atoms with Gasteiger partial charge in [-0.05, 0) is 31.7 Å². The summed E-state index contributed by atoms with van der Waals surface area (Å²) < 4.78 is 2.00. The Morgan fingerprint density at radius 2 is 2.10 bits per heavy atom. The van der Waals surface area contributed by atoms with Crippen molar-refractivity contribution in [2.24, 2.45) is 0 Å². The zero-order valence-electron chi connectivity index (χ0n) is 12.8. The van der Waals surface area contributed by atoms with E-state index in [1.54, 1.807) is 0 Å². The number of nitrogens with one attached hydrogen (secondary N) is 1. The van der Waals surface area contributed by atoms with Gasteiger partial charge in [-0.15, -0.1) is 0 Å². The van der Waals surface area contributed by atoms with E-state index in [0.29, 0.717) is 5.92 Å². The first-order chi connectivity index (χ1) is 10.3. The largest absolute Gasteiger partial charge is 0.370 e. The molecule has 0 spiro atoms. The summed E-state index contributed by atoms with van der Waals surface area (Å²) in [5.41, 5.74) is 2.18. The van der Waals surface area contributed by atoms with Crippen molar-refractivity contribution in [2.45, 2.75) is 52.0 Å². The standard InChI is InChI=1S/C16H23N5/c1-3-8-17-15-11-13(12-5-6-12)19-16(20-15)14-7-9-18-21(14)10-4-2/h7,9,11-12H,3-6,8,10H2,1-2H3,(H,17,19,20). The zero-order chi connectivity index (χ0) is 14.7. The molecule has 0 radical (unpaired) electrons. The summed E-state index contributed by atoms with van der Waals surface area (Å²) in [6.07, 6.45) is 6.47. The van der Waals surface area contributed by atoms with Gasteiger partial charge in [-0.3, -0.25) is 4.68 Å². The lowest BCUT2D eigenvalue weighted by Crippen LogP contribution is -2.08. The SMILES string of the molecule is CCCNc1cc(C2CC2)nc(-c2ccnn2CCC)n1. The van der Waals surface area contributed by atoms with Crippen LogP contribution < -0.4 is 5.32 Å². The van der Waals surface area contributed by atoms with Gasteiger partial charge in [-0.1, -0.05) is 13.8 Å². The molecule has 5 nitrogen and oxygen atoms in total. The van der Waals surface area contributed by atoms with E-state index in [0.717, 1.165) is 43.3 Å². The molecule has 2 aromatic rings. The summed E-state index contributed by atoms with van der Waals surface area (Å²) in [6, 6.07) is 4.11. The molecule has 0 aliphatic heterocycles. The van der Waals surface area contributed by atoms with E-state index in [1.807, 2.05) is 16.9 Å². The van der Waals surface area contributed by atoms with Crippen molar-refractivity contribution in [2.75, 3.05) is 11.9 Å². The summed E-state index contributed by atoms with van der Waals surface area (Å²) in [7, 11) is 0. The van der Waals surface area contributed by atoms with Gasteiger partial charge < -0.3 is 5.32 Å². The maximum Gasteiger partial charge on any atom is 0.180 e. The minimum absolute atomic E-state index is 0.622. The van der Waals surface area contributed by atoms with Crippen LogP contribution in [0.1, 0.15) is 51.1 Å². The lowest BCUT2D eigenvalue weighted by Gasteiger charge is -2.10.